The molecule has 0 unspecified atom stereocenters. The first-order valence-corrected chi connectivity index (χ1v) is 4.53. The molecular formula is C12H9NO. The molecule has 0 atom stereocenters. The van der Waals surface area contributed by atoms with Gasteiger partial charge in [-0.2, -0.15) is 0 Å². The van der Waals surface area contributed by atoms with Crippen molar-refractivity contribution in [3.05, 3.63) is 36.4 Å². The van der Waals surface area contributed by atoms with E-state index in [-0.39, 0.29) is 12.8 Å². The smallest absolute Gasteiger partial charge is 0.146 e. The van der Waals surface area contributed by atoms with Crippen molar-refractivity contribution in [1.29, 1.82) is 0 Å². The zero-order valence-corrected chi connectivity index (χ0v) is 7.53. The number of benzene rings is 2. The average Bonchev–Trinajstić information content (AvgIpc) is 2.29. The number of fused-ring (bicyclic) bond motifs is 3. The first-order chi connectivity index (χ1) is 7.34. The molecule has 0 aliphatic carbocycles. The van der Waals surface area contributed by atoms with Crippen LogP contribution in [0.25, 0.3) is 10.8 Å². The zero-order chi connectivity index (χ0) is 10.3. The van der Waals surface area contributed by atoms with Crippen LogP contribution in [0.5, 0.6) is 5.75 Å². The number of nitrogens with zero attached hydrogens (tertiary/aromatic N) is 1. The first kappa shape index (κ1) is 6.60. The van der Waals surface area contributed by atoms with E-state index in [1.54, 1.807) is 0 Å². The van der Waals surface area contributed by atoms with E-state index < -0.39 is 0 Å². The molecule has 0 radical (unpaired) electrons. The Balaban J connectivity index is 2.39. The summed E-state index contributed by atoms with van der Waals surface area (Å²) in [5.74, 6) is 0.768. The highest BCUT2D eigenvalue weighted by molar-refractivity contribution is 5.97. The van der Waals surface area contributed by atoms with Gasteiger partial charge in [0.25, 0.3) is 0 Å². The second-order valence-electron chi connectivity index (χ2n) is 3.19. The Hall–Kier alpha value is -1.83. The molecule has 0 fully saturated rings. The molecule has 2 aromatic rings. The summed E-state index contributed by atoms with van der Waals surface area (Å²) in [6, 6.07) is 11.9. The third-order valence-corrected chi connectivity index (χ3v) is 2.35. The molecule has 0 amide bonds. The van der Waals surface area contributed by atoms with E-state index in [1.165, 1.54) is 0 Å². The standard InChI is InChI=1S/C12H9NO/c1-2-4-10-9(3-1)5-6-11-12(10)13-7-8-14-11/h1-7H,8H2/i7D. The van der Waals surface area contributed by atoms with Gasteiger partial charge in [0.2, 0.25) is 0 Å². The quantitative estimate of drug-likeness (QED) is 0.616. The summed E-state index contributed by atoms with van der Waals surface area (Å²) in [4.78, 5) is 4.23. The minimum absolute atomic E-state index is 0.269. The van der Waals surface area contributed by atoms with Crippen LogP contribution in [0.3, 0.4) is 0 Å². The fraction of sp³-hybridized carbons (Fsp3) is 0.0833. The molecule has 0 N–H and O–H groups in total. The van der Waals surface area contributed by atoms with E-state index in [9.17, 15) is 0 Å². The van der Waals surface area contributed by atoms with Crippen LogP contribution < -0.4 is 4.74 Å². The van der Waals surface area contributed by atoms with Crippen molar-refractivity contribution in [3.8, 4) is 5.75 Å². The Kier molecular flexibility index (Phi) is 1.34. The monoisotopic (exact) mass is 184 g/mol. The second-order valence-corrected chi connectivity index (χ2v) is 3.19. The van der Waals surface area contributed by atoms with Gasteiger partial charge in [-0.1, -0.05) is 30.3 Å². The maximum Gasteiger partial charge on any atom is 0.146 e. The van der Waals surface area contributed by atoms with E-state index in [2.05, 4.69) is 4.99 Å². The Morgan fingerprint density at radius 2 is 2.14 bits per heavy atom. The number of hydrogen-bond donors (Lipinski definition) is 0. The molecule has 0 saturated heterocycles. The molecule has 1 aliphatic rings. The van der Waals surface area contributed by atoms with Gasteiger partial charge in [0.05, 0.1) is 1.37 Å². The molecule has 0 aromatic heterocycles. The van der Waals surface area contributed by atoms with Gasteiger partial charge in [0.1, 0.15) is 18.0 Å². The van der Waals surface area contributed by atoms with Crippen molar-refractivity contribution < 1.29 is 6.11 Å². The normalized spacial score (nSPS) is 15.4. The van der Waals surface area contributed by atoms with E-state index in [0.717, 1.165) is 22.2 Å². The highest BCUT2D eigenvalue weighted by Gasteiger charge is 2.09. The fourth-order valence-corrected chi connectivity index (χ4v) is 1.69. The summed E-state index contributed by atoms with van der Waals surface area (Å²) >= 11 is 0. The van der Waals surface area contributed by atoms with Crippen LogP contribution >= 0.6 is 0 Å². The molecule has 14 heavy (non-hydrogen) atoms. The van der Waals surface area contributed by atoms with Gasteiger partial charge in [-0.3, -0.25) is 4.99 Å². The van der Waals surface area contributed by atoms with Gasteiger partial charge in [-0.25, -0.2) is 0 Å². The molecule has 1 heterocycles. The first-order valence-electron chi connectivity index (χ1n) is 5.03. The molecule has 3 rings (SSSR count). The summed E-state index contributed by atoms with van der Waals surface area (Å²) in [6.07, 6.45) is 0.277. The predicted molar refractivity (Wildman–Crippen MR) is 57.6 cm³/mol. The molecular weight excluding hydrogens is 174 g/mol. The third kappa shape index (κ3) is 1.01. The SMILES string of the molecule is [2H]C1=Nc2c(ccc3ccccc23)OC1. The lowest BCUT2D eigenvalue weighted by molar-refractivity contribution is 0.377. The Labute approximate surface area is 83.3 Å². The molecule has 0 saturated carbocycles. The van der Waals surface area contributed by atoms with Crippen molar-refractivity contribution in [3.63, 3.8) is 0 Å². The van der Waals surface area contributed by atoms with Crippen LogP contribution in [0.4, 0.5) is 5.69 Å². The highest BCUT2D eigenvalue weighted by Crippen LogP contribution is 2.36. The van der Waals surface area contributed by atoms with E-state index in [1.807, 2.05) is 36.4 Å². The molecule has 1 aliphatic heterocycles. The van der Waals surface area contributed by atoms with Crippen molar-refractivity contribution in [2.24, 2.45) is 4.99 Å². The van der Waals surface area contributed by atoms with E-state index in [0.29, 0.717) is 0 Å². The summed E-state index contributed by atoms with van der Waals surface area (Å²) in [5, 5.41) is 2.16. The molecule has 2 aromatic carbocycles. The van der Waals surface area contributed by atoms with E-state index >= 15 is 0 Å². The lowest BCUT2D eigenvalue weighted by atomic mass is 10.1. The van der Waals surface area contributed by atoms with Gasteiger partial charge in [0, 0.05) is 11.6 Å². The summed E-state index contributed by atoms with van der Waals surface area (Å²) in [7, 11) is 0. The van der Waals surface area contributed by atoms with Crippen molar-refractivity contribution >= 4 is 22.7 Å². The van der Waals surface area contributed by atoms with Crippen LogP contribution in [0.1, 0.15) is 1.37 Å². The maximum absolute atomic E-state index is 7.50. The number of ether oxygens (including phenoxy) is 1. The average molecular weight is 184 g/mol. The Bertz CT molecular complexity index is 563. The van der Waals surface area contributed by atoms with Gasteiger partial charge >= 0.3 is 0 Å². The van der Waals surface area contributed by atoms with Crippen LogP contribution in [0.15, 0.2) is 41.4 Å². The molecule has 2 nitrogen and oxygen atoms in total. The molecule has 0 bridgehead atoms. The Morgan fingerprint density at radius 3 is 3.14 bits per heavy atom. The van der Waals surface area contributed by atoms with Crippen LogP contribution in [-0.2, 0) is 0 Å². The third-order valence-electron chi connectivity index (χ3n) is 2.35. The maximum atomic E-state index is 7.50. The van der Waals surface area contributed by atoms with Gasteiger partial charge in [-0.05, 0) is 11.5 Å². The minimum atomic E-state index is 0.269. The van der Waals surface area contributed by atoms with Gasteiger partial charge in [0.15, 0.2) is 0 Å². The summed E-state index contributed by atoms with van der Waals surface area (Å²) in [6.45, 7) is 0.269. The molecule has 2 heteroatoms. The minimum Gasteiger partial charge on any atom is -0.486 e. The number of aliphatic imine (C=N–C) groups is 1. The van der Waals surface area contributed by atoms with Gasteiger partial charge < -0.3 is 4.74 Å². The molecule has 68 valence electrons. The van der Waals surface area contributed by atoms with Crippen LogP contribution in [0, 0.1) is 0 Å². The summed E-state index contributed by atoms with van der Waals surface area (Å²) < 4.78 is 12.9. The predicted octanol–water partition coefficient (Wildman–Crippen LogP) is 2.93. The highest BCUT2D eigenvalue weighted by atomic mass is 16.5. The molecule has 0 spiro atoms. The lowest BCUT2D eigenvalue weighted by Gasteiger charge is -2.13. The Morgan fingerprint density at radius 1 is 1.21 bits per heavy atom. The second kappa shape index (κ2) is 2.84. The van der Waals surface area contributed by atoms with E-state index in [4.69, 9.17) is 6.11 Å². The van der Waals surface area contributed by atoms with Crippen LogP contribution in [0.2, 0.25) is 0 Å². The van der Waals surface area contributed by atoms with Crippen molar-refractivity contribution in [2.45, 2.75) is 0 Å². The largest absolute Gasteiger partial charge is 0.486 e. The van der Waals surface area contributed by atoms with Crippen molar-refractivity contribution in [1.82, 2.24) is 0 Å². The van der Waals surface area contributed by atoms with Crippen molar-refractivity contribution in [2.75, 3.05) is 6.61 Å². The summed E-state index contributed by atoms with van der Waals surface area (Å²) in [5.41, 5.74) is 0.782. The fourth-order valence-electron chi connectivity index (χ4n) is 1.69. The van der Waals surface area contributed by atoms with Crippen LogP contribution in [-0.4, -0.2) is 12.8 Å². The zero-order valence-electron chi connectivity index (χ0n) is 8.53. The lowest BCUT2D eigenvalue weighted by Crippen LogP contribution is -2.02. The topological polar surface area (TPSA) is 21.6 Å². The number of rotatable bonds is 0. The number of hydrogen-bond acceptors (Lipinski definition) is 2. The van der Waals surface area contributed by atoms with Gasteiger partial charge in [-0.15, -0.1) is 0 Å².